The van der Waals surface area contributed by atoms with E-state index in [4.69, 9.17) is 14.5 Å². The van der Waals surface area contributed by atoms with Crippen molar-refractivity contribution in [3.63, 3.8) is 0 Å². The minimum atomic E-state index is 0.267. The lowest BCUT2D eigenvalue weighted by Crippen LogP contribution is -2.37. The Morgan fingerprint density at radius 3 is 2.81 bits per heavy atom. The summed E-state index contributed by atoms with van der Waals surface area (Å²) in [4.78, 5) is 4.83. The Hall–Kier alpha value is -2.77. The Bertz CT molecular complexity index is 904. The number of aryl methyl sites for hydroxylation is 1. The second-order valence-corrected chi connectivity index (χ2v) is 8.52. The lowest BCUT2D eigenvalue weighted by molar-refractivity contribution is 0.198. The molecule has 1 aliphatic carbocycles. The number of para-hydroxylation sites is 1. The van der Waals surface area contributed by atoms with Gasteiger partial charge in [0, 0.05) is 25.1 Å². The Balaban J connectivity index is 1.46. The van der Waals surface area contributed by atoms with Gasteiger partial charge in [-0.25, -0.2) is 4.99 Å². The molecule has 0 bridgehead atoms. The summed E-state index contributed by atoms with van der Waals surface area (Å²) in [5.74, 6) is 4.43. The van der Waals surface area contributed by atoms with E-state index >= 15 is 0 Å². The average molecular weight is 441 g/mol. The number of fused-ring (bicyclic) bond motifs is 1. The van der Waals surface area contributed by atoms with Crippen LogP contribution in [0, 0.1) is 0 Å². The van der Waals surface area contributed by atoms with Gasteiger partial charge in [-0.3, -0.25) is 0 Å². The Morgan fingerprint density at radius 1 is 1.12 bits per heavy atom. The van der Waals surface area contributed by atoms with Crippen molar-refractivity contribution in [2.75, 3.05) is 13.7 Å². The Labute approximate surface area is 190 Å². The van der Waals surface area contributed by atoms with E-state index < -0.39 is 0 Å². The lowest BCUT2D eigenvalue weighted by atomic mass is 10.1. The Kier molecular flexibility index (Phi) is 7.85. The molecule has 1 aliphatic heterocycles. The fourth-order valence-electron chi connectivity index (χ4n) is 4.50. The molecular weight excluding hydrogens is 404 g/mol. The highest BCUT2D eigenvalue weighted by molar-refractivity contribution is 5.79. The van der Waals surface area contributed by atoms with Crippen LogP contribution in [-0.4, -0.2) is 40.5 Å². The number of guanidine groups is 1. The van der Waals surface area contributed by atoms with Gasteiger partial charge in [0.25, 0.3) is 0 Å². The smallest absolute Gasteiger partial charge is 0.191 e. The van der Waals surface area contributed by atoms with Crippen molar-refractivity contribution in [1.82, 2.24) is 25.4 Å². The van der Waals surface area contributed by atoms with Crippen LogP contribution in [0.15, 0.2) is 23.2 Å². The van der Waals surface area contributed by atoms with Crippen molar-refractivity contribution in [2.45, 2.75) is 84.0 Å². The number of rotatable bonds is 8. The predicted octanol–water partition coefficient (Wildman–Crippen LogP) is 3.59. The minimum Gasteiger partial charge on any atom is -0.493 e. The Morgan fingerprint density at radius 2 is 2.00 bits per heavy atom. The van der Waals surface area contributed by atoms with Crippen LogP contribution >= 0.6 is 0 Å². The third-order valence-electron chi connectivity index (χ3n) is 6.22. The number of nitrogens with zero attached hydrogens (tertiary/aromatic N) is 4. The van der Waals surface area contributed by atoms with Crippen molar-refractivity contribution in [1.29, 1.82) is 0 Å². The van der Waals surface area contributed by atoms with E-state index in [0.717, 1.165) is 67.0 Å². The summed E-state index contributed by atoms with van der Waals surface area (Å²) < 4.78 is 14.2. The zero-order valence-corrected chi connectivity index (χ0v) is 19.4. The second-order valence-electron chi connectivity index (χ2n) is 8.52. The van der Waals surface area contributed by atoms with Gasteiger partial charge in [-0.15, -0.1) is 10.2 Å². The maximum atomic E-state index is 6.36. The first kappa shape index (κ1) is 22.4. The highest BCUT2D eigenvalue weighted by atomic mass is 16.5. The molecule has 2 heterocycles. The maximum Gasteiger partial charge on any atom is 0.191 e. The first-order valence-electron chi connectivity index (χ1n) is 12.0. The molecule has 2 aromatic rings. The quantitative estimate of drug-likeness (QED) is 0.482. The summed E-state index contributed by atoms with van der Waals surface area (Å²) in [6, 6.07) is 6.02. The van der Waals surface area contributed by atoms with Crippen LogP contribution in [0.4, 0.5) is 0 Å². The van der Waals surface area contributed by atoms with E-state index in [-0.39, 0.29) is 6.10 Å². The predicted molar refractivity (Wildman–Crippen MR) is 125 cm³/mol. The van der Waals surface area contributed by atoms with E-state index in [1.165, 1.54) is 32.1 Å². The summed E-state index contributed by atoms with van der Waals surface area (Å²) in [5.41, 5.74) is 1.03. The second kappa shape index (κ2) is 11.2. The zero-order chi connectivity index (χ0) is 22.2. The summed E-state index contributed by atoms with van der Waals surface area (Å²) >= 11 is 0. The van der Waals surface area contributed by atoms with Gasteiger partial charge in [-0.05, 0) is 51.5 Å². The minimum absolute atomic E-state index is 0.267. The van der Waals surface area contributed by atoms with Gasteiger partial charge < -0.3 is 24.7 Å². The molecule has 0 spiro atoms. The molecule has 1 fully saturated rings. The molecule has 0 amide bonds. The molecule has 1 saturated carbocycles. The molecule has 8 nitrogen and oxygen atoms in total. The molecular formula is C24H36N6O2. The average Bonchev–Trinajstić information content (AvgIpc) is 3.40. The van der Waals surface area contributed by atoms with Gasteiger partial charge in [-0.1, -0.05) is 18.6 Å². The van der Waals surface area contributed by atoms with Crippen molar-refractivity contribution in [2.24, 2.45) is 4.99 Å². The van der Waals surface area contributed by atoms with Gasteiger partial charge in [0.1, 0.15) is 5.82 Å². The molecule has 2 aliphatic rings. The van der Waals surface area contributed by atoms with Crippen LogP contribution in [0.1, 0.15) is 69.1 Å². The molecule has 1 aromatic heterocycles. The normalized spacial score (nSPS) is 17.0. The van der Waals surface area contributed by atoms with Crippen LogP contribution in [-0.2, 0) is 26.1 Å². The molecule has 0 saturated heterocycles. The van der Waals surface area contributed by atoms with Crippen molar-refractivity contribution in [3.8, 4) is 11.5 Å². The third kappa shape index (κ3) is 5.53. The highest BCUT2D eigenvalue weighted by Gasteiger charge is 2.20. The summed E-state index contributed by atoms with van der Waals surface area (Å²) in [6.45, 7) is 4.96. The van der Waals surface area contributed by atoms with E-state index in [1.807, 2.05) is 12.1 Å². The first-order valence-corrected chi connectivity index (χ1v) is 12.0. The van der Waals surface area contributed by atoms with Crippen LogP contribution in [0.25, 0.3) is 0 Å². The van der Waals surface area contributed by atoms with E-state index in [0.29, 0.717) is 13.1 Å². The number of hydrogen-bond donors (Lipinski definition) is 2. The van der Waals surface area contributed by atoms with Crippen molar-refractivity contribution in [3.05, 3.63) is 35.4 Å². The van der Waals surface area contributed by atoms with Gasteiger partial charge in [0.15, 0.2) is 23.3 Å². The topological polar surface area (TPSA) is 85.6 Å². The highest BCUT2D eigenvalue weighted by Crippen LogP contribution is 2.35. The third-order valence-corrected chi connectivity index (χ3v) is 6.22. The summed E-state index contributed by atoms with van der Waals surface area (Å²) in [6.07, 6.45) is 9.59. The number of methoxy groups -OCH3 is 1. The van der Waals surface area contributed by atoms with E-state index in [2.05, 4.69) is 38.4 Å². The van der Waals surface area contributed by atoms with E-state index in [1.54, 1.807) is 7.11 Å². The maximum absolute atomic E-state index is 6.36. The summed E-state index contributed by atoms with van der Waals surface area (Å²) in [7, 11) is 1.69. The largest absolute Gasteiger partial charge is 0.493 e. The van der Waals surface area contributed by atoms with Crippen LogP contribution < -0.4 is 20.1 Å². The van der Waals surface area contributed by atoms with Crippen LogP contribution in [0.5, 0.6) is 11.5 Å². The number of nitrogens with one attached hydrogen (secondary N) is 2. The van der Waals surface area contributed by atoms with Crippen LogP contribution in [0.3, 0.4) is 0 Å². The zero-order valence-electron chi connectivity index (χ0n) is 19.4. The fraction of sp³-hybridized carbons (Fsp3) is 0.625. The monoisotopic (exact) mass is 440 g/mol. The number of aliphatic imine (C=N–C) groups is 1. The SMILES string of the molecule is CCNC(=NCc1cccc(OC)c1OC1CCCC1)NCc1nnc2n1CCCCC2. The molecule has 2 N–H and O–H groups in total. The first-order chi connectivity index (χ1) is 15.8. The lowest BCUT2D eigenvalue weighted by Gasteiger charge is -2.19. The molecule has 1 aromatic carbocycles. The molecule has 32 heavy (non-hydrogen) atoms. The van der Waals surface area contributed by atoms with Gasteiger partial charge in [-0.2, -0.15) is 0 Å². The fourth-order valence-corrected chi connectivity index (χ4v) is 4.50. The number of aromatic nitrogens is 3. The molecule has 4 rings (SSSR count). The number of benzene rings is 1. The number of hydrogen-bond acceptors (Lipinski definition) is 5. The van der Waals surface area contributed by atoms with Crippen LogP contribution in [0.2, 0.25) is 0 Å². The van der Waals surface area contributed by atoms with Gasteiger partial charge in [0.05, 0.1) is 26.3 Å². The van der Waals surface area contributed by atoms with Gasteiger partial charge in [0.2, 0.25) is 0 Å². The molecule has 8 heteroatoms. The summed E-state index contributed by atoms with van der Waals surface area (Å²) in [5, 5.41) is 15.6. The standard InChI is InChI=1S/C24H36N6O2/c1-3-25-24(27-17-22-29-28-21-14-5-4-8-15-30(21)22)26-16-18-10-9-13-20(31-2)23(18)32-19-11-6-7-12-19/h9-10,13,19H,3-8,11-12,14-17H2,1-2H3,(H2,25,26,27). The van der Waals surface area contributed by atoms with Crippen molar-refractivity contribution >= 4 is 5.96 Å². The molecule has 0 radical (unpaired) electrons. The van der Waals surface area contributed by atoms with Crippen molar-refractivity contribution < 1.29 is 9.47 Å². The molecule has 0 unspecified atom stereocenters. The molecule has 174 valence electrons. The number of ether oxygens (including phenoxy) is 2. The molecule has 0 atom stereocenters. The van der Waals surface area contributed by atoms with E-state index in [9.17, 15) is 0 Å². The van der Waals surface area contributed by atoms with Gasteiger partial charge >= 0.3 is 0 Å².